The Morgan fingerprint density at radius 3 is 2.54 bits per heavy atom. The molecule has 1 saturated heterocycles. The Hall–Kier alpha value is -5.19. The lowest BCUT2D eigenvalue weighted by Gasteiger charge is -2.32. The predicted octanol–water partition coefficient (Wildman–Crippen LogP) is 4.94. The van der Waals surface area contributed by atoms with Crippen LogP contribution in [0.25, 0.3) is 33.3 Å². The van der Waals surface area contributed by atoms with Crippen molar-refractivity contribution >= 4 is 28.5 Å². The lowest BCUT2D eigenvalue weighted by Crippen LogP contribution is -2.34. The SMILES string of the molecule is CC(=O)N1CCc2c(c(-c3cccc4cc(-c5ccc(CCC6CCN(c7ccc(C(=O)O)nn7)CC6)nc5)ncc34)nn2C)C1. The van der Waals surface area contributed by atoms with Gasteiger partial charge in [-0.3, -0.25) is 19.4 Å². The van der Waals surface area contributed by atoms with Crippen molar-refractivity contribution in [3.8, 4) is 22.5 Å². The number of benzene rings is 1. The van der Waals surface area contributed by atoms with E-state index in [0.29, 0.717) is 12.5 Å². The summed E-state index contributed by atoms with van der Waals surface area (Å²) in [5.74, 6) is 0.363. The van der Waals surface area contributed by atoms with Crippen LogP contribution in [0.15, 0.2) is 60.9 Å². The summed E-state index contributed by atoms with van der Waals surface area (Å²) < 4.78 is 1.96. The molecule has 4 aromatic heterocycles. The molecule has 2 aliphatic rings. The molecule has 234 valence electrons. The van der Waals surface area contributed by atoms with Gasteiger partial charge in [-0.2, -0.15) is 5.10 Å². The summed E-state index contributed by atoms with van der Waals surface area (Å²) in [7, 11) is 1.98. The number of carboxylic acids is 1. The fourth-order valence-electron chi connectivity index (χ4n) is 6.75. The van der Waals surface area contributed by atoms with E-state index in [1.54, 1.807) is 13.0 Å². The van der Waals surface area contributed by atoms with E-state index in [1.165, 1.54) is 11.8 Å². The molecule has 1 fully saturated rings. The number of hydrogen-bond acceptors (Lipinski definition) is 8. The second kappa shape index (κ2) is 12.3. The highest BCUT2D eigenvalue weighted by Crippen LogP contribution is 2.35. The first-order chi connectivity index (χ1) is 22.3. The Morgan fingerprint density at radius 1 is 0.978 bits per heavy atom. The number of anilines is 1. The first-order valence-electron chi connectivity index (χ1n) is 15.8. The van der Waals surface area contributed by atoms with Crippen LogP contribution in [0.1, 0.15) is 53.6 Å². The lowest BCUT2D eigenvalue weighted by molar-refractivity contribution is -0.129. The first-order valence-corrected chi connectivity index (χ1v) is 15.8. The molecule has 1 aromatic carbocycles. The molecule has 46 heavy (non-hydrogen) atoms. The average Bonchev–Trinajstić information content (AvgIpc) is 3.42. The van der Waals surface area contributed by atoms with E-state index in [4.69, 9.17) is 20.2 Å². The summed E-state index contributed by atoms with van der Waals surface area (Å²) in [5.41, 5.74) is 7.14. The molecule has 0 radical (unpaired) electrons. The summed E-state index contributed by atoms with van der Waals surface area (Å²) in [6.07, 6.45) is 8.75. The maximum atomic E-state index is 12.1. The average molecular weight is 617 g/mol. The molecule has 11 nitrogen and oxygen atoms in total. The van der Waals surface area contributed by atoms with E-state index in [9.17, 15) is 9.59 Å². The molecule has 11 heteroatoms. The van der Waals surface area contributed by atoms with Gasteiger partial charge >= 0.3 is 5.97 Å². The molecule has 5 aromatic rings. The fraction of sp³-hybridized carbons (Fsp3) is 0.343. The molecule has 7 rings (SSSR count). The van der Waals surface area contributed by atoms with Crippen LogP contribution in [0, 0.1) is 5.92 Å². The van der Waals surface area contributed by atoms with E-state index in [2.05, 4.69) is 51.5 Å². The summed E-state index contributed by atoms with van der Waals surface area (Å²) in [4.78, 5) is 36.8. The number of hydrogen-bond donors (Lipinski definition) is 1. The fourth-order valence-corrected chi connectivity index (χ4v) is 6.75. The molecule has 0 bridgehead atoms. The minimum absolute atomic E-state index is 0.0367. The number of pyridine rings is 2. The Labute approximate surface area is 266 Å². The number of piperidine rings is 1. The zero-order valence-electron chi connectivity index (χ0n) is 26.1. The summed E-state index contributed by atoms with van der Waals surface area (Å²) >= 11 is 0. The van der Waals surface area contributed by atoms with Crippen molar-refractivity contribution in [1.29, 1.82) is 0 Å². The van der Waals surface area contributed by atoms with Crippen molar-refractivity contribution in [3.05, 3.63) is 83.6 Å². The van der Waals surface area contributed by atoms with Gasteiger partial charge in [-0.15, -0.1) is 10.2 Å². The maximum absolute atomic E-state index is 12.1. The van der Waals surface area contributed by atoms with E-state index in [1.807, 2.05) is 29.0 Å². The molecule has 2 aliphatic heterocycles. The van der Waals surface area contributed by atoms with Gasteiger partial charge in [0.05, 0.1) is 11.4 Å². The normalized spacial score (nSPS) is 15.3. The standard InChI is InChI=1S/C35H36N8O3/c1-22(44)43-17-14-32-29(21-43)34(40-41(32)2)27-5-3-4-24-18-31(37-20-28(24)27)25-7-9-26(36-19-25)8-6-23-12-15-42(16-13-23)33-11-10-30(35(45)46)38-39-33/h3-5,7,9-11,18-20,23H,6,8,12-17,21H2,1-2H3,(H,45,46). The zero-order chi connectivity index (χ0) is 31.8. The topological polar surface area (TPSA) is 130 Å². The summed E-state index contributed by atoms with van der Waals surface area (Å²) in [5, 5.41) is 24.0. The van der Waals surface area contributed by atoms with Gasteiger partial charge in [0.2, 0.25) is 5.91 Å². The van der Waals surface area contributed by atoms with Crippen molar-refractivity contribution in [2.24, 2.45) is 13.0 Å². The molecule has 0 atom stereocenters. The van der Waals surface area contributed by atoms with Crippen molar-refractivity contribution in [2.45, 2.75) is 45.6 Å². The highest BCUT2D eigenvalue weighted by molar-refractivity contribution is 5.97. The maximum Gasteiger partial charge on any atom is 0.356 e. The largest absolute Gasteiger partial charge is 0.476 e. The monoisotopic (exact) mass is 616 g/mol. The van der Waals surface area contributed by atoms with E-state index < -0.39 is 5.97 Å². The third kappa shape index (κ3) is 5.80. The van der Waals surface area contributed by atoms with E-state index in [-0.39, 0.29) is 11.6 Å². The second-order valence-corrected chi connectivity index (χ2v) is 12.3. The van der Waals surface area contributed by atoms with Crippen LogP contribution in [0.2, 0.25) is 0 Å². The van der Waals surface area contributed by atoms with Gasteiger partial charge < -0.3 is 14.9 Å². The van der Waals surface area contributed by atoms with Crippen LogP contribution in [0.3, 0.4) is 0 Å². The third-order valence-electron chi connectivity index (χ3n) is 9.44. The van der Waals surface area contributed by atoms with Crippen LogP contribution in [0.5, 0.6) is 0 Å². The van der Waals surface area contributed by atoms with Gasteiger partial charge in [-0.1, -0.05) is 18.2 Å². The Balaban J connectivity index is 1.00. The molecular formula is C35H36N8O3. The van der Waals surface area contributed by atoms with Crippen LogP contribution < -0.4 is 4.90 Å². The van der Waals surface area contributed by atoms with Gasteiger partial charge in [0, 0.05) is 92.4 Å². The zero-order valence-corrected chi connectivity index (χ0v) is 26.1. The van der Waals surface area contributed by atoms with Crippen LogP contribution in [-0.2, 0) is 31.2 Å². The molecule has 0 saturated carbocycles. The molecule has 0 unspecified atom stereocenters. The second-order valence-electron chi connectivity index (χ2n) is 12.3. The molecule has 0 spiro atoms. The third-order valence-corrected chi connectivity index (χ3v) is 9.44. The minimum atomic E-state index is -1.06. The molecule has 1 amide bonds. The first kappa shape index (κ1) is 29.5. The number of fused-ring (bicyclic) bond motifs is 2. The van der Waals surface area contributed by atoms with Gasteiger partial charge in [-0.25, -0.2) is 4.79 Å². The number of rotatable bonds is 7. The number of aromatic carboxylic acids is 1. The summed E-state index contributed by atoms with van der Waals surface area (Å²) in [6, 6.07) is 15.8. The highest BCUT2D eigenvalue weighted by Gasteiger charge is 2.27. The number of amides is 1. The van der Waals surface area contributed by atoms with Gasteiger partial charge in [0.15, 0.2) is 11.5 Å². The van der Waals surface area contributed by atoms with Crippen LogP contribution >= 0.6 is 0 Å². The van der Waals surface area contributed by atoms with Crippen molar-refractivity contribution in [2.75, 3.05) is 24.5 Å². The highest BCUT2D eigenvalue weighted by atomic mass is 16.4. The number of nitrogens with zero attached hydrogens (tertiary/aromatic N) is 8. The number of aromatic nitrogens is 6. The van der Waals surface area contributed by atoms with E-state index in [0.717, 1.165) is 102 Å². The quantitative estimate of drug-likeness (QED) is 0.270. The Morgan fingerprint density at radius 2 is 1.83 bits per heavy atom. The number of aryl methyl sites for hydroxylation is 2. The van der Waals surface area contributed by atoms with Crippen LogP contribution in [-0.4, -0.2) is 71.5 Å². The van der Waals surface area contributed by atoms with Crippen molar-refractivity contribution in [1.82, 2.24) is 34.8 Å². The minimum Gasteiger partial charge on any atom is -0.476 e. The summed E-state index contributed by atoms with van der Waals surface area (Å²) in [6.45, 7) is 4.69. The van der Waals surface area contributed by atoms with Gasteiger partial charge in [0.25, 0.3) is 0 Å². The molecular weight excluding hydrogens is 580 g/mol. The Kier molecular flexibility index (Phi) is 7.90. The number of carbonyl (C=O) groups is 2. The molecule has 1 N–H and O–H groups in total. The van der Waals surface area contributed by atoms with Crippen LogP contribution in [0.4, 0.5) is 5.82 Å². The molecule has 0 aliphatic carbocycles. The van der Waals surface area contributed by atoms with Crippen molar-refractivity contribution < 1.29 is 14.7 Å². The Bertz CT molecular complexity index is 1910. The number of carboxylic acid groups (broad SMARTS) is 1. The van der Waals surface area contributed by atoms with E-state index >= 15 is 0 Å². The van der Waals surface area contributed by atoms with Gasteiger partial charge in [-0.05, 0) is 67.3 Å². The smallest absolute Gasteiger partial charge is 0.356 e. The van der Waals surface area contributed by atoms with Gasteiger partial charge in [0.1, 0.15) is 0 Å². The predicted molar refractivity (Wildman–Crippen MR) is 174 cm³/mol. The lowest BCUT2D eigenvalue weighted by atomic mass is 9.91. The number of carbonyl (C=O) groups excluding carboxylic acids is 1. The molecule has 6 heterocycles. The van der Waals surface area contributed by atoms with Crippen molar-refractivity contribution in [3.63, 3.8) is 0 Å².